The average molecular weight is 246 g/mol. The molecule has 0 amide bonds. The van der Waals surface area contributed by atoms with Gasteiger partial charge in [-0.3, -0.25) is 10.9 Å². The normalized spacial score (nSPS) is 11.0. The largest absolute Gasteiger partial charge is 0.364 e. The maximum Gasteiger partial charge on any atom is 0.186 e. The van der Waals surface area contributed by atoms with Gasteiger partial charge in [-0.2, -0.15) is 10.2 Å². The van der Waals surface area contributed by atoms with Gasteiger partial charge in [-0.25, -0.2) is 0 Å². The Morgan fingerprint density at radius 1 is 1.07 bits per heavy atom. The summed E-state index contributed by atoms with van der Waals surface area (Å²) < 4.78 is 0. The summed E-state index contributed by atoms with van der Waals surface area (Å²) in [7, 11) is 3.42. The Bertz CT molecular complexity index is 285. The van der Waals surface area contributed by atoms with Crippen LogP contribution in [0.2, 0.25) is 0 Å². The zero-order valence-corrected chi connectivity index (χ0v) is 10.4. The molecule has 0 aliphatic heterocycles. The van der Waals surface area contributed by atoms with Gasteiger partial charge in [0.15, 0.2) is 10.2 Å². The first-order chi connectivity index (χ1) is 7.10. The van der Waals surface area contributed by atoms with E-state index in [1.54, 1.807) is 21.0 Å². The SMILES string of the molecule is CNC(=S)NN=CC(C)=NNC(=S)NC. The second-order valence-electron chi connectivity index (χ2n) is 2.39. The standard InChI is InChI=1S/C7H14N6S2/c1-5(11-13-7(15)9-3)4-10-12-6(14)8-2/h4H,1-3H3,(H2,8,12,14)(H2,9,13,15). The van der Waals surface area contributed by atoms with Crippen LogP contribution in [0, 0.1) is 0 Å². The van der Waals surface area contributed by atoms with E-state index >= 15 is 0 Å². The maximum absolute atomic E-state index is 4.83. The molecule has 0 aromatic rings. The van der Waals surface area contributed by atoms with Crippen LogP contribution in [0.15, 0.2) is 10.2 Å². The molecule has 0 saturated carbocycles. The Labute approximate surface area is 99.6 Å². The maximum atomic E-state index is 4.83. The number of thiocarbonyl (C=S) groups is 2. The van der Waals surface area contributed by atoms with Gasteiger partial charge in [0.05, 0.1) is 11.9 Å². The third-order valence-electron chi connectivity index (χ3n) is 1.21. The first kappa shape index (κ1) is 13.7. The number of rotatable bonds is 3. The van der Waals surface area contributed by atoms with Gasteiger partial charge in [-0.05, 0) is 31.4 Å². The van der Waals surface area contributed by atoms with Crippen molar-refractivity contribution in [1.29, 1.82) is 0 Å². The molecule has 0 heterocycles. The molecule has 6 nitrogen and oxygen atoms in total. The highest BCUT2D eigenvalue weighted by atomic mass is 32.1. The van der Waals surface area contributed by atoms with Crippen LogP contribution in [0.5, 0.6) is 0 Å². The van der Waals surface area contributed by atoms with Crippen molar-refractivity contribution in [3.05, 3.63) is 0 Å². The van der Waals surface area contributed by atoms with Crippen molar-refractivity contribution in [3.63, 3.8) is 0 Å². The van der Waals surface area contributed by atoms with Crippen LogP contribution in [-0.2, 0) is 0 Å². The highest BCUT2D eigenvalue weighted by Crippen LogP contribution is 1.72. The van der Waals surface area contributed by atoms with Gasteiger partial charge < -0.3 is 10.6 Å². The first-order valence-electron chi connectivity index (χ1n) is 4.13. The number of hydrogen-bond acceptors (Lipinski definition) is 4. The Morgan fingerprint density at radius 3 is 2.13 bits per heavy atom. The van der Waals surface area contributed by atoms with Gasteiger partial charge in [-0.15, -0.1) is 0 Å². The van der Waals surface area contributed by atoms with E-state index in [0.717, 1.165) is 0 Å². The molecule has 4 N–H and O–H groups in total. The lowest BCUT2D eigenvalue weighted by Gasteiger charge is -2.01. The zero-order chi connectivity index (χ0) is 11.7. The van der Waals surface area contributed by atoms with Crippen LogP contribution in [0.25, 0.3) is 0 Å². The monoisotopic (exact) mass is 246 g/mol. The average Bonchev–Trinajstić information content (AvgIpc) is 2.25. The Hall–Kier alpha value is -1.28. The third-order valence-corrected chi connectivity index (χ3v) is 1.80. The second-order valence-corrected chi connectivity index (χ2v) is 3.21. The predicted octanol–water partition coefficient (Wildman–Crippen LogP) is -0.464. The van der Waals surface area contributed by atoms with Gasteiger partial charge in [0.1, 0.15) is 0 Å². The molecule has 0 aliphatic carbocycles. The highest BCUT2D eigenvalue weighted by molar-refractivity contribution is 7.80. The zero-order valence-electron chi connectivity index (χ0n) is 8.79. The number of nitrogens with zero attached hydrogens (tertiary/aromatic N) is 2. The van der Waals surface area contributed by atoms with E-state index in [-0.39, 0.29) is 0 Å². The summed E-state index contributed by atoms with van der Waals surface area (Å²) in [5.74, 6) is 0. The van der Waals surface area contributed by atoms with Crippen LogP contribution in [-0.4, -0.2) is 36.2 Å². The van der Waals surface area contributed by atoms with E-state index in [9.17, 15) is 0 Å². The smallest absolute Gasteiger partial charge is 0.186 e. The minimum Gasteiger partial charge on any atom is -0.364 e. The Balaban J connectivity index is 3.95. The fraction of sp³-hybridized carbons (Fsp3) is 0.429. The third kappa shape index (κ3) is 7.77. The van der Waals surface area contributed by atoms with Crippen molar-refractivity contribution in [1.82, 2.24) is 21.5 Å². The Morgan fingerprint density at radius 2 is 1.60 bits per heavy atom. The van der Waals surface area contributed by atoms with Crippen molar-refractivity contribution in [3.8, 4) is 0 Å². The molecular weight excluding hydrogens is 232 g/mol. The molecule has 15 heavy (non-hydrogen) atoms. The van der Waals surface area contributed by atoms with Gasteiger partial charge in [0.25, 0.3) is 0 Å². The van der Waals surface area contributed by atoms with Gasteiger partial charge in [0.2, 0.25) is 0 Å². The van der Waals surface area contributed by atoms with E-state index in [1.807, 2.05) is 0 Å². The minimum atomic E-state index is 0.442. The summed E-state index contributed by atoms with van der Waals surface area (Å²) in [6.07, 6.45) is 1.52. The van der Waals surface area contributed by atoms with Crippen molar-refractivity contribution in [2.75, 3.05) is 14.1 Å². The molecule has 8 heteroatoms. The molecule has 0 aromatic heterocycles. The molecule has 0 unspecified atom stereocenters. The topological polar surface area (TPSA) is 72.8 Å². The van der Waals surface area contributed by atoms with Crippen LogP contribution < -0.4 is 21.5 Å². The van der Waals surface area contributed by atoms with E-state index in [2.05, 4.69) is 31.7 Å². The number of hydrogen-bond donors (Lipinski definition) is 4. The molecule has 0 radical (unpaired) electrons. The summed E-state index contributed by atoms with van der Waals surface area (Å²) in [5, 5.41) is 14.1. The quantitative estimate of drug-likeness (QED) is 0.307. The molecule has 0 aromatic carbocycles. The van der Waals surface area contributed by atoms with Crippen molar-refractivity contribution in [2.45, 2.75) is 6.92 Å². The molecule has 0 aliphatic rings. The van der Waals surface area contributed by atoms with Gasteiger partial charge in [0, 0.05) is 14.1 Å². The van der Waals surface area contributed by atoms with E-state index < -0.39 is 0 Å². The lowest BCUT2D eigenvalue weighted by molar-refractivity contribution is 0.970. The molecule has 0 atom stereocenters. The van der Waals surface area contributed by atoms with Crippen LogP contribution in [0.3, 0.4) is 0 Å². The summed E-state index contributed by atoms with van der Waals surface area (Å²) in [6.45, 7) is 1.78. The summed E-state index contributed by atoms with van der Waals surface area (Å²) in [6, 6.07) is 0. The molecule has 0 fully saturated rings. The van der Waals surface area contributed by atoms with Crippen LogP contribution in [0.4, 0.5) is 0 Å². The van der Waals surface area contributed by atoms with E-state index in [0.29, 0.717) is 15.9 Å². The lowest BCUT2D eigenvalue weighted by atomic mass is 10.5. The molecule has 84 valence electrons. The first-order valence-corrected chi connectivity index (χ1v) is 4.94. The molecule has 0 spiro atoms. The molecule has 0 saturated heterocycles. The van der Waals surface area contributed by atoms with Gasteiger partial charge >= 0.3 is 0 Å². The van der Waals surface area contributed by atoms with Crippen LogP contribution >= 0.6 is 24.4 Å². The highest BCUT2D eigenvalue weighted by Gasteiger charge is 1.89. The summed E-state index contributed by atoms with van der Waals surface area (Å²) in [5.41, 5.74) is 5.89. The molecule has 0 rings (SSSR count). The van der Waals surface area contributed by atoms with Gasteiger partial charge in [-0.1, -0.05) is 0 Å². The van der Waals surface area contributed by atoms with Crippen molar-refractivity contribution >= 4 is 46.6 Å². The van der Waals surface area contributed by atoms with Crippen molar-refractivity contribution < 1.29 is 0 Å². The fourth-order valence-electron chi connectivity index (χ4n) is 0.464. The van der Waals surface area contributed by atoms with Crippen LogP contribution in [0.1, 0.15) is 6.92 Å². The molecular formula is C7H14N6S2. The Kier molecular flexibility index (Phi) is 7.38. The van der Waals surface area contributed by atoms with E-state index in [1.165, 1.54) is 6.21 Å². The van der Waals surface area contributed by atoms with Crippen molar-refractivity contribution in [2.24, 2.45) is 10.2 Å². The fourth-order valence-corrected chi connectivity index (χ4v) is 0.562. The number of nitrogens with one attached hydrogen (secondary N) is 4. The summed E-state index contributed by atoms with van der Waals surface area (Å²) in [4.78, 5) is 0. The van der Waals surface area contributed by atoms with E-state index in [4.69, 9.17) is 24.4 Å². The predicted molar refractivity (Wildman–Crippen MR) is 71.2 cm³/mol. The minimum absolute atomic E-state index is 0.442. The molecule has 0 bridgehead atoms. The lowest BCUT2D eigenvalue weighted by Crippen LogP contribution is -2.30. The number of hydrazone groups is 2. The summed E-state index contributed by atoms with van der Waals surface area (Å²) >= 11 is 9.64. The second kappa shape index (κ2) is 8.06.